The molecule has 0 radical (unpaired) electrons. The van der Waals surface area contributed by atoms with E-state index in [-0.39, 0.29) is 11.2 Å². The van der Waals surface area contributed by atoms with Gasteiger partial charge in [0.1, 0.15) is 5.82 Å². The van der Waals surface area contributed by atoms with Gasteiger partial charge in [0, 0.05) is 18.3 Å². The third-order valence-electron chi connectivity index (χ3n) is 2.40. The number of hydrogen-bond acceptors (Lipinski definition) is 4. The van der Waals surface area contributed by atoms with Gasteiger partial charge in [-0.15, -0.1) is 5.10 Å². The van der Waals surface area contributed by atoms with Gasteiger partial charge in [-0.2, -0.15) is 4.68 Å². The molecule has 1 atom stereocenters. The van der Waals surface area contributed by atoms with E-state index in [1.165, 1.54) is 0 Å². The van der Waals surface area contributed by atoms with E-state index in [4.69, 9.17) is 11.6 Å². The van der Waals surface area contributed by atoms with E-state index in [9.17, 15) is 0 Å². The second-order valence-electron chi connectivity index (χ2n) is 3.51. The van der Waals surface area contributed by atoms with Crippen molar-refractivity contribution < 1.29 is 0 Å². The topological polar surface area (TPSA) is 56.5 Å². The van der Waals surface area contributed by atoms with Crippen LogP contribution in [-0.4, -0.2) is 24.7 Å². The van der Waals surface area contributed by atoms with Crippen molar-refractivity contribution in [3.8, 4) is 5.95 Å². The lowest BCUT2D eigenvalue weighted by atomic mass is 10.1. The zero-order valence-electron chi connectivity index (χ0n) is 9.13. The standard InChI is InChI=1S/C10H12ClN5/c1-3-7(2)8-14-9(11)15-16(8)10-12-5-4-6-13-10/h4-7H,3H2,1-2H3/t7-/m1/s1. The summed E-state index contributed by atoms with van der Waals surface area (Å²) in [4.78, 5) is 12.5. The molecule has 0 aromatic carbocycles. The fourth-order valence-corrected chi connectivity index (χ4v) is 1.51. The van der Waals surface area contributed by atoms with Crippen molar-refractivity contribution in [3.63, 3.8) is 0 Å². The van der Waals surface area contributed by atoms with Gasteiger partial charge in [0.25, 0.3) is 5.95 Å². The third kappa shape index (κ3) is 2.04. The molecule has 2 aromatic rings. The molecule has 0 aliphatic rings. The minimum Gasteiger partial charge on any atom is -0.220 e. The average Bonchev–Trinajstić information content (AvgIpc) is 2.71. The molecule has 0 bridgehead atoms. The first kappa shape index (κ1) is 11.0. The summed E-state index contributed by atoms with van der Waals surface area (Å²) in [5.41, 5.74) is 0. The van der Waals surface area contributed by atoms with Crippen LogP contribution in [0, 0.1) is 0 Å². The zero-order valence-corrected chi connectivity index (χ0v) is 9.89. The maximum Gasteiger partial charge on any atom is 0.252 e. The summed E-state index contributed by atoms with van der Waals surface area (Å²) >= 11 is 5.82. The lowest BCUT2D eigenvalue weighted by Gasteiger charge is -2.08. The Balaban J connectivity index is 2.48. The Kier molecular flexibility index (Phi) is 3.14. The molecule has 2 aromatic heterocycles. The van der Waals surface area contributed by atoms with Crippen molar-refractivity contribution in [1.82, 2.24) is 24.7 Å². The second kappa shape index (κ2) is 4.57. The van der Waals surface area contributed by atoms with Crippen LogP contribution in [0.5, 0.6) is 0 Å². The van der Waals surface area contributed by atoms with Crippen LogP contribution >= 0.6 is 11.6 Å². The number of hydrogen-bond donors (Lipinski definition) is 0. The van der Waals surface area contributed by atoms with Crippen LogP contribution in [-0.2, 0) is 0 Å². The van der Waals surface area contributed by atoms with E-state index in [1.54, 1.807) is 23.1 Å². The molecule has 6 heteroatoms. The maximum atomic E-state index is 5.82. The van der Waals surface area contributed by atoms with Gasteiger partial charge < -0.3 is 0 Å². The van der Waals surface area contributed by atoms with Crippen LogP contribution in [0.25, 0.3) is 5.95 Å². The highest BCUT2D eigenvalue weighted by molar-refractivity contribution is 6.28. The van der Waals surface area contributed by atoms with E-state index in [1.807, 2.05) is 0 Å². The van der Waals surface area contributed by atoms with Gasteiger partial charge >= 0.3 is 0 Å². The summed E-state index contributed by atoms with van der Waals surface area (Å²) in [6.45, 7) is 4.16. The van der Waals surface area contributed by atoms with E-state index in [2.05, 4.69) is 33.9 Å². The molecule has 0 N–H and O–H groups in total. The van der Waals surface area contributed by atoms with E-state index < -0.39 is 0 Å². The highest BCUT2D eigenvalue weighted by Gasteiger charge is 2.16. The smallest absolute Gasteiger partial charge is 0.220 e. The number of rotatable bonds is 3. The normalized spacial score (nSPS) is 12.7. The van der Waals surface area contributed by atoms with E-state index in [0.29, 0.717) is 5.95 Å². The van der Waals surface area contributed by atoms with Crippen LogP contribution in [0.15, 0.2) is 18.5 Å². The third-order valence-corrected chi connectivity index (χ3v) is 2.56. The molecule has 16 heavy (non-hydrogen) atoms. The summed E-state index contributed by atoms with van der Waals surface area (Å²) < 4.78 is 1.59. The average molecular weight is 238 g/mol. The molecular formula is C10H12ClN5. The van der Waals surface area contributed by atoms with Gasteiger partial charge in [-0.05, 0) is 24.1 Å². The number of nitrogens with zero attached hydrogens (tertiary/aromatic N) is 5. The van der Waals surface area contributed by atoms with Crippen molar-refractivity contribution >= 4 is 11.6 Å². The van der Waals surface area contributed by atoms with Gasteiger partial charge in [-0.3, -0.25) is 0 Å². The lowest BCUT2D eigenvalue weighted by molar-refractivity contribution is 0.632. The molecule has 0 saturated heterocycles. The molecule has 2 rings (SSSR count). The van der Waals surface area contributed by atoms with Crippen molar-refractivity contribution in [2.24, 2.45) is 0 Å². The van der Waals surface area contributed by atoms with Crippen molar-refractivity contribution in [3.05, 3.63) is 29.6 Å². The number of halogens is 1. The Morgan fingerprint density at radius 3 is 2.69 bits per heavy atom. The summed E-state index contributed by atoms with van der Waals surface area (Å²) in [7, 11) is 0. The van der Waals surface area contributed by atoms with Crippen molar-refractivity contribution in [2.75, 3.05) is 0 Å². The largest absolute Gasteiger partial charge is 0.252 e. The Hall–Kier alpha value is -1.49. The second-order valence-corrected chi connectivity index (χ2v) is 3.85. The fourth-order valence-electron chi connectivity index (χ4n) is 1.35. The summed E-state index contributed by atoms with van der Waals surface area (Å²) in [6.07, 6.45) is 4.29. The molecular weight excluding hydrogens is 226 g/mol. The number of aromatic nitrogens is 5. The van der Waals surface area contributed by atoms with E-state index in [0.717, 1.165) is 12.2 Å². The molecule has 0 unspecified atom stereocenters. The molecule has 5 nitrogen and oxygen atoms in total. The highest BCUT2D eigenvalue weighted by atomic mass is 35.5. The van der Waals surface area contributed by atoms with Crippen LogP contribution in [0.2, 0.25) is 5.28 Å². The zero-order chi connectivity index (χ0) is 11.5. The summed E-state index contributed by atoms with van der Waals surface area (Å²) in [5.74, 6) is 1.56. The van der Waals surface area contributed by atoms with Gasteiger partial charge in [0.2, 0.25) is 5.28 Å². The van der Waals surface area contributed by atoms with Gasteiger partial charge in [0.05, 0.1) is 0 Å². The predicted molar refractivity (Wildman–Crippen MR) is 60.7 cm³/mol. The molecule has 0 aliphatic carbocycles. The first-order chi connectivity index (χ1) is 7.72. The van der Waals surface area contributed by atoms with Gasteiger partial charge in [-0.1, -0.05) is 13.8 Å². The molecule has 84 valence electrons. The quantitative estimate of drug-likeness (QED) is 0.822. The Labute approximate surface area is 98.5 Å². The molecule has 0 fully saturated rings. The van der Waals surface area contributed by atoms with Gasteiger partial charge in [-0.25, -0.2) is 15.0 Å². The monoisotopic (exact) mass is 237 g/mol. The van der Waals surface area contributed by atoms with E-state index >= 15 is 0 Å². The van der Waals surface area contributed by atoms with Crippen molar-refractivity contribution in [2.45, 2.75) is 26.2 Å². The SMILES string of the molecule is CC[C@@H](C)c1nc(Cl)nn1-c1ncccn1. The lowest BCUT2D eigenvalue weighted by Crippen LogP contribution is -2.09. The van der Waals surface area contributed by atoms with Crippen LogP contribution in [0.3, 0.4) is 0 Å². The van der Waals surface area contributed by atoms with Crippen LogP contribution in [0.1, 0.15) is 32.0 Å². The molecule has 0 aliphatic heterocycles. The molecule has 0 saturated carbocycles. The van der Waals surface area contributed by atoms with Crippen LogP contribution in [0.4, 0.5) is 0 Å². The molecule has 0 spiro atoms. The van der Waals surface area contributed by atoms with Gasteiger partial charge in [0.15, 0.2) is 0 Å². The first-order valence-corrected chi connectivity index (χ1v) is 5.50. The maximum absolute atomic E-state index is 5.82. The molecule has 0 amide bonds. The summed E-state index contributed by atoms with van der Waals surface area (Å²) in [5, 5.41) is 4.32. The predicted octanol–water partition coefficient (Wildman–Crippen LogP) is 2.22. The Morgan fingerprint density at radius 2 is 2.06 bits per heavy atom. The fraction of sp³-hybridized carbons (Fsp3) is 0.400. The molecule has 2 heterocycles. The summed E-state index contributed by atoms with van der Waals surface area (Å²) in [6, 6.07) is 1.75. The first-order valence-electron chi connectivity index (χ1n) is 5.12. The Bertz CT molecular complexity index is 467. The minimum absolute atomic E-state index is 0.225. The Morgan fingerprint density at radius 1 is 1.38 bits per heavy atom. The van der Waals surface area contributed by atoms with Crippen LogP contribution < -0.4 is 0 Å². The van der Waals surface area contributed by atoms with Crippen molar-refractivity contribution in [1.29, 1.82) is 0 Å². The highest BCUT2D eigenvalue weighted by Crippen LogP contribution is 2.19. The minimum atomic E-state index is 0.225.